The summed E-state index contributed by atoms with van der Waals surface area (Å²) in [5.41, 5.74) is 3.51. The van der Waals surface area contributed by atoms with Crippen LogP contribution in [-0.4, -0.2) is 10.9 Å². The smallest absolute Gasteiger partial charge is 0.252 e. The molecule has 0 bridgehead atoms. The Hall–Kier alpha value is -3.44. The Balaban J connectivity index is 1.51. The van der Waals surface area contributed by atoms with Crippen molar-refractivity contribution in [3.05, 3.63) is 118 Å². The maximum atomic E-state index is 13.1. The molecule has 0 saturated carbocycles. The Morgan fingerprint density at radius 2 is 1.63 bits per heavy atom. The lowest BCUT2D eigenvalue weighted by atomic mass is 9.98. The van der Waals surface area contributed by atoms with Crippen molar-refractivity contribution in [3.63, 3.8) is 0 Å². The van der Waals surface area contributed by atoms with Crippen LogP contribution in [0.1, 0.15) is 38.2 Å². The van der Waals surface area contributed by atoms with E-state index in [2.05, 4.69) is 10.3 Å². The third kappa shape index (κ3) is 4.93. The van der Waals surface area contributed by atoms with Gasteiger partial charge in [-0.2, -0.15) is 0 Å². The molecule has 0 atom stereocenters. The number of nitrogens with zero attached hydrogens (tertiary/aromatic N) is 1. The highest BCUT2D eigenvalue weighted by Crippen LogP contribution is 2.23. The first-order chi connectivity index (χ1) is 14.7. The molecule has 150 valence electrons. The number of amides is 1. The molecular formula is C25H22N2O2S. The Morgan fingerprint density at radius 1 is 0.967 bits per heavy atom. The average molecular weight is 415 g/mol. The van der Waals surface area contributed by atoms with Gasteiger partial charge in [-0.3, -0.25) is 4.79 Å². The fourth-order valence-electron chi connectivity index (χ4n) is 3.22. The standard InChI is InChI=1S/C25H22N2O2S/c1-18-26-22(17-30-18)16-29-23-14-8-13-21(15-23)25(28)27-24(19-9-4-2-5-10-19)20-11-6-3-7-12-20/h2-15,17,24H,16H2,1H3,(H,27,28). The quantitative estimate of drug-likeness (QED) is 0.431. The van der Waals surface area contributed by atoms with Gasteiger partial charge in [0.05, 0.1) is 16.7 Å². The molecule has 0 saturated heterocycles. The maximum Gasteiger partial charge on any atom is 0.252 e. The lowest BCUT2D eigenvalue weighted by Crippen LogP contribution is -2.29. The third-order valence-corrected chi connectivity index (χ3v) is 5.51. The molecule has 1 N–H and O–H groups in total. The normalized spacial score (nSPS) is 10.7. The Bertz CT molecular complexity index is 1070. The van der Waals surface area contributed by atoms with Gasteiger partial charge in [0.15, 0.2) is 0 Å². The predicted molar refractivity (Wildman–Crippen MR) is 120 cm³/mol. The van der Waals surface area contributed by atoms with Crippen LogP contribution >= 0.6 is 11.3 Å². The fraction of sp³-hybridized carbons (Fsp3) is 0.120. The van der Waals surface area contributed by atoms with E-state index in [1.54, 1.807) is 23.5 Å². The van der Waals surface area contributed by atoms with E-state index in [1.807, 2.05) is 85.1 Å². The number of hydrogen-bond acceptors (Lipinski definition) is 4. The lowest BCUT2D eigenvalue weighted by molar-refractivity contribution is 0.0942. The van der Waals surface area contributed by atoms with Crippen LogP contribution in [0.3, 0.4) is 0 Å². The number of carbonyl (C=O) groups excluding carboxylic acids is 1. The van der Waals surface area contributed by atoms with Gasteiger partial charge < -0.3 is 10.1 Å². The van der Waals surface area contributed by atoms with Crippen LogP contribution in [0.15, 0.2) is 90.3 Å². The summed E-state index contributed by atoms with van der Waals surface area (Å²) in [5.74, 6) is 0.493. The van der Waals surface area contributed by atoms with Gasteiger partial charge in [-0.05, 0) is 36.2 Å². The molecule has 0 fully saturated rings. The molecule has 1 amide bonds. The second-order valence-corrected chi connectivity index (χ2v) is 7.96. The van der Waals surface area contributed by atoms with E-state index in [0.717, 1.165) is 21.8 Å². The fourth-order valence-corrected chi connectivity index (χ4v) is 3.82. The largest absolute Gasteiger partial charge is 0.487 e. The molecule has 30 heavy (non-hydrogen) atoms. The minimum atomic E-state index is -0.234. The predicted octanol–water partition coefficient (Wildman–Crippen LogP) is 5.55. The molecule has 3 aromatic carbocycles. The number of hydrogen-bond donors (Lipinski definition) is 1. The molecule has 0 aliphatic carbocycles. The number of nitrogens with one attached hydrogen (secondary N) is 1. The van der Waals surface area contributed by atoms with Gasteiger partial charge >= 0.3 is 0 Å². The van der Waals surface area contributed by atoms with Crippen molar-refractivity contribution in [2.45, 2.75) is 19.6 Å². The number of benzene rings is 3. The minimum Gasteiger partial charge on any atom is -0.487 e. The minimum absolute atomic E-state index is 0.150. The number of carbonyl (C=O) groups is 1. The van der Waals surface area contributed by atoms with Crippen LogP contribution < -0.4 is 10.1 Å². The molecule has 4 nitrogen and oxygen atoms in total. The van der Waals surface area contributed by atoms with Crippen LogP contribution in [0, 0.1) is 6.92 Å². The van der Waals surface area contributed by atoms with Crippen molar-refractivity contribution in [3.8, 4) is 5.75 Å². The lowest BCUT2D eigenvalue weighted by Gasteiger charge is -2.20. The molecule has 0 radical (unpaired) electrons. The number of aromatic nitrogens is 1. The van der Waals surface area contributed by atoms with Crippen molar-refractivity contribution >= 4 is 17.2 Å². The van der Waals surface area contributed by atoms with Gasteiger partial charge in [0.2, 0.25) is 0 Å². The topological polar surface area (TPSA) is 51.2 Å². The highest BCUT2D eigenvalue weighted by molar-refractivity contribution is 7.09. The first kappa shape index (κ1) is 19.9. The van der Waals surface area contributed by atoms with Crippen molar-refractivity contribution in [1.82, 2.24) is 10.3 Å². The maximum absolute atomic E-state index is 13.1. The van der Waals surface area contributed by atoms with Gasteiger partial charge in [0.25, 0.3) is 5.91 Å². The van der Waals surface area contributed by atoms with Gasteiger partial charge in [-0.25, -0.2) is 4.98 Å². The number of thiazole rings is 1. The van der Waals surface area contributed by atoms with E-state index in [4.69, 9.17) is 4.74 Å². The van der Waals surface area contributed by atoms with Crippen LogP contribution in [0.4, 0.5) is 0 Å². The summed E-state index contributed by atoms with van der Waals surface area (Å²) in [7, 11) is 0. The first-order valence-corrected chi connectivity index (χ1v) is 10.6. The van der Waals surface area contributed by atoms with Crippen molar-refractivity contribution in [2.24, 2.45) is 0 Å². The second kappa shape index (κ2) is 9.37. The van der Waals surface area contributed by atoms with E-state index < -0.39 is 0 Å². The van der Waals surface area contributed by atoms with Gasteiger partial charge in [-0.15, -0.1) is 11.3 Å². The Morgan fingerprint density at radius 3 is 2.23 bits per heavy atom. The molecule has 4 aromatic rings. The second-order valence-electron chi connectivity index (χ2n) is 6.90. The number of aryl methyl sites for hydroxylation is 1. The zero-order chi connectivity index (χ0) is 20.8. The summed E-state index contributed by atoms with van der Waals surface area (Å²) in [6, 6.07) is 26.9. The molecule has 1 heterocycles. The summed E-state index contributed by atoms with van der Waals surface area (Å²) in [4.78, 5) is 17.5. The zero-order valence-electron chi connectivity index (χ0n) is 16.6. The summed E-state index contributed by atoms with van der Waals surface area (Å²) < 4.78 is 5.83. The van der Waals surface area contributed by atoms with E-state index in [1.165, 1.54) is 0 Å². The van der Waals surface area contributed by atoms with Crippen molar-refractivity contribution in [1.29, 1.82) is 0 Å². The van der Waals surface area contributed by atoms with Crippen LogP contribution in [0.25, 0.3) is 0 Å². The van der Waals surface area contributed by atoms with Crippen molar-refractivity contribution < 1.29 is 9.53 Å². The van der Waals surface area contributed by atoms with E-state index >= 15 is 0 Å². The van der Waals surface area contributed by atoms with Crippen LogP contribution in [-0.2, 0) is 6.61 Å². The van der Waals surface area contributed by atoms with Crippen LogP contribution in [0.2, 0.25) is 0 Å². The summed E-state index contributed by atoms with van der Waals surface area (Å²) in [6.07, 6.45) is 0. The highest BCUT2D eigenvalue weighted by atomic mass is 32.1. The summed E-state index contributed by atoms with van der Waals surface area (Å²) in [5, 5.41) is 6.16. The summed E-state index contributed by atoms with van der Waals surface area (Å²) >= 11 is 1.59. The Labute approximate surface area is 180 Å². The molecule has 1 aromatic heterocycles. The monoisotopic (exact) mass is 414 g/mol. The third-order valence-electron chi connectivity index (χ3n) is 4.69. The SMILES string of the molecule is Cc1nc(COc2cccc(C(=O)NC(c3ccccc3)c3ccccc3)c2)cs1. The zero-order valence-corrected chi connectivity index (χ0v) is 17.4. The Kier molecular flexibility index (Phi) is 6.20. The number of ether oxygens (including phenoxy) is 1. The highest BCUT2D eigenvalue weighted by Gasteiger charge is 2.18. The van der Waals surface area contributed by atoms with Gasteiger partial charge in [-0.1, -0.05) is 66.7 Å². The molecule has 0 aliphatic heterocycles. The molecule has 0 spiro atoms. The summed E-state index contributed by atoms with van der Waals surface area (Å²) in [6.45, 7) is 2.35. The molecule has 5 heteroatoms. The van der Waals surface area contributed by atoms with Gasteiger partial charge in [0.1, 0.15) is 12.4 Å². The number of rotatable bonds is 7. The van der Waals surface area contributed by atoms with E-state index in [0.29, 0.717) is 17.9 Å². The molecule has 0 unspecified atom stereocenters. The van der Waals surface area contributed by atoms with Crippen molar-refractivity contribution in [2.75, 3.05) is 0 Å². The first-order valence-electron chi connectivity index (χ1n) is 9.73. The van der Waals surface area contributed by atoms with E-state index in [9.17, 15) is 4.79 Å². The molecular weight excluding hydrogens is 392 g/mol. The molecule has 0 aliphatic rings. The van der Waals surface area contributed by atoms with Gasteiger partial charge in [0, 0.05) is 10.9 Å². The van der Waals surface area contributed by atoms with Crippen LogP contribution in [0.5, 0.6) is 5.75 Å². The van der Waals surface area contributed by atoms with E-state index in [-0.39, 0.29) is 11.9 Å². The molecule has 4 rings (SSSR count). The average Bonchev–Trinajstić information content (AvgIpc) is 3.22.